The second-order valence-corrected chi connectivity index (χ2v) is 6.72. The van der Waals surface area contributed by atoms with Gasteiger partial charge >= 0.3 is 0 Å². The summed E-state index contributed by atoms with van der Waals surface area (Å²) in [6.45, 7) is 9.31. The maximum atomic E-state index is 12.0. The van der Waals surface area contributed by atoms with Gasteiger partial charge in [-0.3, -0.25) is 9.69 Å². The Bertz CT molecular complexity index is 680. The molecule has 0 N–H and O–H groups in total. The highest BCUT2D eigenvalue weighted by Gasteiger charge is 2.30. The highest BCUT2D eigenvalue weighted by molar-refractivity contribution is 5.74. The first-order valence-electron chi connectivity index (χ1n) is 8.62. The number of hydrogen-bond donors (Lipinski definition) is 0. The van der Waals surface area contributed by atoms with E-state index in [2.05, 4.69) is 40.4 Å². The Morgan fingerprint density at radius 1 is 1.25 bits per heavy atom. The topological polar surface area (TPSA) is 41.4 Å². The van der Waals surface area contributed by atoms with E-state index in [-0.39, 0.29) is 11.9 Å². The summed E-state index contributed by atoms with van der Waals surface area (Å²) in [6, 6.07) is 10.8. The molecule has 1 fully saturated rings. The van der Waals surface area contributed by atoms with Crippen molar-refractivity contribution in [3.63, 3.8) is 0 Å². The van der Waals surface area contributed by atoms with Gasteiger partial charge in [-0.2, -0.15) is 0 Å². The normalized spacial score (nSPS) is 19.0. The Balaban J connectivity index is 1.78. The molecule has 1 aromatic carbocycles. The Hall–Kier alpha value is -2.14. The second kappa shape index (κ2) is 7.18. The Morgan fingerprint density at radius 3 is 2.67 bits per heavy atom. The van der Waals surface area contributed by atoms with Crippen molar-refractivity contribution in [1.29, 1.82) is 0 Å². The number of imidazole rings is 1. The zero-order valence-corrected chi connectivity index (χ0v) is 14.7. The van der Waals surface area contributed by atoms with Crippen LogP contribution in [-0.2, 0) is 11.3 Å². The number of rotatable bonds is 4. The number of amides is 1. The largest absolute Gasteiger partial charge is 0.333 e. The van der Waals surface area contributed by atoms with Crippen molar-refractivity contribution in [3.8, 4) is 0 Å². The van der Waals surface area contributed by atoms with Crippen molar-refractivity contribution in [1.82, 2.24) is 19.4 Å². The van der Waals surface area contributed by atoms with Crippen LogP contribution in [0.5, 0.6) is 0 Å². The van der Waals surface area contributed by atoms with Crippen molar-refractivity contribution in [2.45, 2.75) is 39.4 Å². The molecule has 1 aromatic heterocycles. The molecule has 1 saturated heterocycles. The minimum atomic E-state index is 0.111. The molecule has 0 bridgehead atoms. The van der Waals surface area contributed by atoms with Gasteiger partial charge in [-0.05, 0) is 19.4 Å². The number of nitrogens with zero attached hydrogens (tertiary/aromatic N) is 4. The maximum absolute atomic E-state index is 12.0. The van der Waals surface area contributed by atoms with Crippen LogP contribution < -0.4 is 0 Å². The molecule has 1 amide bonds. The smallest absolute Gasteiger partial charge is 0.220 e. The standard InChI is InChI=1S/C19H26N4O/c1-15(2)22-10-9-20-19(22)14-21-11-12-23(16(3)24)18(13-21)17-7-5-4-6-8-17/h4-10,15,18H,11-14H2,1-3H3/t18-/m1/s1. The first-order valence-corrected chi connectivity index (χ1v) is 8.62. The number of piperazine rings is 1. The van der Waals surface area contributed by atoms with Crippen molar-refractivity contribution >= 4 is 5.91 Å². The van der Waals surface area contributed by atoms with Gasteiger partial charge in [0, 0.05) is 45.0 Å². The summed E-state index contributed by atoms with van der Waals surface area (Å²) < 4.78 is 2.22. The highest BCUT2D eigenvalue weighted by Crippen LogP contribution is 2.26. The number of hydrogen-bond acceptors (Lipinski definition) is 3. The molecule has 2 heterocycles. The Morgan fingerprint density at radius 2 is 2.00 bits per heavy atom. The molecule has 0 radical (unpaired) electrons. The Kier molecular flexibility index (Phi) is 5.00. The summed E-state index contributed by atoms with van der Waals surface area (Å²) in [5.74, 6) is 1.24. The van der Waals surface area contributed by atoms with E-state index in [9.17, 15) is 4.79 Å². The molecule has 0 aliphatic carbocycles. The van der Waals surface area contributed by atoms with Crippen LogP contribution >= 0.6 is 0 Å². The fourth-order valence-electron chi connectivity index (χ4n) is 3.46. The lowest BCUT2D eigenvalue weighted by Crippen LogP contribution is -2.49. The van der Waals surface area contributed by atoms with Crippen LogP contribution in [0.1, 0.15) is 44.2 Å². The molecule has 0 unspecified atom stereocenters. The van der Waals surface area contributed by atoms with Crippen molar-refractivity contribution < 1.29 is 4.79 Å². The van der Waals surface area contributed by atoms with E-state index in [4.69, 9.17) is 0 Å². The molecular weight excluding hydrogens is 300 g/mol. The van der Waals surface area contributed by atoms with Crippen LogP contribution in [0.15, 0.2) is 42.7 Å². The third-order valence-corrected chi connectivity index (χ3v) is 4.72. The van der Waals surface area contributed by atoms with Gasteiger partial charge in [0.05, 0.1) is 12.6 Å². The molecule has 5 heteroatoms. The Labute approximate surface area is 143 Å². The van der Waals surface area contributed by atoms with Crippen LogP contribution in [0.2, 0.25) is 0 Å². The van der Waals surface area contributed by atoms with E-state index < -0.39 is 0 Å². The summed E-state index contributed by atoms with van der Waals surface area (Å²) in [5.41, 5.74) is 1.20. The summed E-state index contributed by atoms with van der Waals surface area (Å²) >= 11 is 0. The molecule has 3 rings (SSSR count). The molecule has 0 spiro atoms. The number of aromatic nitrogens is 2. The third kappa shape index (κ3) is 3.51. The van der Waals surface area contributed by atoms with E-state index in [0.717, 1.165) is 32.0 Å². The predicted molar refractivity (Wildman–Crippen MR) is 94.5 cm³/mol. The lowest BCUT2D eigenvalue weighted by molar-refractivity contribution is -0.134. The van der Waals surface area contributed by atoms with Gasteiger partial charge in [-0.1, -0.05) is 30.3 Å². The molecule has 5 nitrogen and oxygen atoms in total. The number of carbonyl (C=O) groups excluding carboxylic acids is 1. The molecular formula is C19H26N4O. The average Bonchev–Trinajstić information content (AvgIpc) is 3.04. The second-order valence-electron chi connectivity index (χ2n) is 6.72. The first-order chi connectivity index (χ1) is 11.6. The maximum Gasteiger partial charge on any atom is 0.220 e. The van der Waals surface area contributed by atoms with Gasteiger partial charge in [-0.15, -0.1) is 0 Å². The van der Waals surface area contributed by atoms with Crippen molar-refractivity contribution in [2.24, 2.45) is 0 Å². The fraction of sp³-hybridized carbons (Fsp3) is 0.474. The number of carbonyl (C=O) groups is 1. The quantitative estimate of drug-likeness (QED) is 0.867. The van der Waals surface area contributed by atoms with E-state index in [1.807, 2.05) is 35.5 Å². The van der Waals surface area contributed by atoms with Crippen LogP contribution in [0.4, 0.5) is 0 Å². The van der Waals surface area contributed by atoms with Gasteiger partial charge in [0.2, 0.25) is 5.91 Å². The lowest BCUT2D eigenvalue weighted by Gasteiger charge is -2.41. The lowest BCUT2D eigenvalue weighted by atomic mass is 10.0. The van der Waals surface area contributed by atoms with Gasteiger partial charge in [-0.25, -0.2) is 4.98 Å². The monoisotopic (exact) mass is 326 g/mol. The zero-order chi connectivity index (χ0) is 17.1. The van der Waals surface area contributed by atoms with Gasteiger partial charge in [0.25, 0.3) is 0 Å². The molecule has 0 saturated carbocycles. The first kappa shape index (κ1) is 16.7. The zero-order valence-electron chi connectivity index (χ0n) is 14.7. The molecule has 1 aliphatic heterocycles. The van der Waals surface area contributed by atoms with Gasteiger partial charge in [0.15, 0.2) is 0 Å². The average molecular weight is 326 g/mol. The predicted octanol–water partition coefficient (Wildman–Crippen LogP) is 2.87. The van der Waals surface area contributed by atoms with Crippen LogP contribution in [-0.4, -0.2) is 44.9 Å². The molecule has 128 valence electrons. The minimum absolute atomic E-state index is 0.111. The van der Waals surface area contributed by atoms with E-state index in [0.29, 0.717) is 6.04 Å². The minimum Gasteiger partial charge on any atom is -0.333 e. The van der Waals surface area contributed by atoms with E-state index in [1.165, 1.54) is 5.56 Å². The molecule has 24 heavy (non-hydrogen) atoms. The van der Waals surface area contributed by atoms with Crippen LogP contribution in [0.3, 0.4) is 0 Å². The fourth-order valence-corrected chi connectivity index (χ4v) is 3.46. The highest BCUT2D eigenvalue weighted by atomic mass is 16.2. The van der Waals surface area contributed by atoms with Gasteiger partial charge in [0.1, 0.15) is 5.82 Å². The molecule has 1 aliphatic rings. The molecule has 2 aromatic rings. The van der Waals surface area contributed by atoms with Crippen LogP contribution in [0, 0.1) is 0 Å². The van der Waals surface area contributed by atoms with E-state index in [1.54, 1.807) is 6.92 Å². The van der Waals surface area contributed by atoms with Crippen LogP contribution in [0.25, 0.3) is 0 Å². The van der Waals surface area contributed by atoms with E-state index >= 15 is 0 Å². The number of benzene rings is 1. The molecule has 1 atom stereocenters. The summed E-state index contributed by atoms with van der Waals surface area (Å²) in [7, 11) is 0. The summed E-state index contributed by atoms with van der Waals surface area (Å²) in [6.07, 6.45) is 3.91. The summed E-state index contributed by atoms with van der Waals surface area (Å²) in [4.78, 5) is 21.0. The van der Waals surface area contributed by atoms with Gasteiger partial charge < -0.3 is 9.47 Å². The van der Waals surface area contributed by atoms with Crippen molar-refractivity contribution in [3.05, 3.63) is 54.1 Å². The third-order valence-electron chi connectivity index (χ3n) is 4.72. The summed E-state index contributed by atoms with van der Waals surface area (Å²) in [5, 5.41) is 0. The van der Waals surface area contributed by atoms with Crippen molar-refractivity contribution in [2.75, 3.05) is 19.6 Å². The SMILES string of the molecule is CC(=O)N1CCN(Cc2nccn2C(C)C)C[C@@H]1c1ccccc1.